The summed E-state index contributed by atoms with van der Waals surface area (Å²) in [6, 6.07) is 0. The Morgan fingerprint density at radius 1 is 0.727 bits per heavy atom. The number of rotatable bonds is 2. The summed E-state index contributed by atoms with van der Waals surface area (Å²) < 4.78 is 0. The van der Waals surface area contributed by atoms with E-state index in [-0.39, 0.29) is 11.1 Å². The van der Waals surface area contributed by atoms with E-state index in [9.17, 15) is 9.59 Å². The van der Waals surface area contributed by atoms with E-state index in [2.05, 4.69) is 61.8 Å². The smallest absolute Gasteiger partial charge is 0.330 e. The maximum atomic E-state index is 9.60. The molecule has 0 spiro atoms. The van der Waals surface area contributed by atoms with E-state index in [1.165, 1.54) is 13.8 Å². The molecule has 0 atom stereocenters. The second-order valence-corrected chi connectivity index (χ2v) is 4.35. The first-order chi connectivity index (χ1) is 10.3. The maximum Gasteiger partial charge on any atom is 0.330 e. The van der Waals surface area contributed by atoms with Gasteiger partial charge in [-0.15, -0.1) is 0 Å². The quantitative estimate of drug-likeness (QED) is 0.746. The Kier molecular flexibility index (Phi) is 14.6. The summed E-state index contributed by atoms with van der Waals surface area (Å²) in [6.45, 7) is 9.20. The molecule has 0 heterocycles. The van der Waals surface area contributed by atoms with Crippen molar-refractivity contribution in [2.75, 3.05) is 0 Å². The molecule has 0 radical (unpaired) electrons. The van der Waals surface area contributed by atoms with E-state index in [4.69, 9.17) is 10.2 Å². The number of allylic oxidation sites excluding steroid dienone is 8. The van der Waals surface area contributed by atoms with Crippen LogP contribution >= 0.6 is 0 Å². The molecule has 0 bridgehead atoms. The van der Waals surface area contributed by atoms with Crippen LogP contribution in [-0.4, -0.2) is 22.2 Å². The van der Waals surface area contributed by atoms with Gasteiger partial charge in [0, 0.05) is 11.1 Å². The van der Waals surface area contributed by atoms with Gasteiger partial charge in [-0.2, -0.15) is 0 Å². The first-order valence-corrected chi connectivity index (χ1v) is 6.70. The minimum atomic E-state index is -0.935. The Morgan fingerprint density at radius 3 is 0.955 bits per heavy atom. The highest BCUT2D eigenvalue weighted by atomic mass is 16.4. The third-order valence-electron chi connectivity index (χ3n) is 2.04. The molecular formula is C18H24O4. The summed E-state index contributed by atoms with van der Waals surface area (Å²) in [5.41, 5.74) is 0.352. The molecule has 4 nitrogen and oxygen atoms in total. The molecule has 2 aliphatic rings. The van der Waals surface area contributed by atoms with Crippen LogP contribution in [0.15, 0.2) is 72.9 Å². The fourth-order valence-electron chi connectivity index (χ4n) is 0.786. The molecule has 2 rings (SSSR count). The van der Waals surface area contributed by atoms with Gasteiger partial charge in [0.15, 0.2) is 0 Å². The third kappa shape index (κ3) is 19.7. The van der Waals surface area contributed by atoms with Gasteiger partial charge in [0.2, 0.25) is 0 Å². The van der Waals surface area contributed by atoms with Crippen molar-refractivity contribution in [3.05, 3.63) is 72.9 Å². The molecular weight excluding hydrogens is 280 g/mol. The lowest BCUT2D eigenvalue weighted by Crippen LogP contribution is -1.92. The third-order valence-corrected chi connectivity index (χ3v) is 2.04. The second kappa shape index (κ2) is 14.8. The van der Waals surface area contributed by atoms with Crippen molar-refractivity contribution in [1.29, 1.82) is 0 Å². The molecule has 0 fully saturated rings. The molecule has 0 unspecified atom stereocenters. The van der Waals surface area contributed by atoms with Crippen molar-refractivity contribution in [3.8, 4) is 0 Å². The number of carbonyl (C=O) groups is 2. The zero-order valence-electron chi connectivity index (χ0n) is 13.2. The Hall–Kier alpha value is -2.62. The highest BCUT2D eigenvalue weighted by Crippen LogP contribution is 1.93. The molecule has 4 heteroatoms. The number of hydrogen-bond donors (Lipinski definition) is 2. The second-order valence-electron chi connectivity index (χ2n) is 4.35. The van der Waals surface area contributed by atoms with Crippen molar-refractivity contribution in [1.82, 2.24) is 0 Å². The van der Waals surface area contributed by atoms with Crippen molar-refractivity contribution in [2.45, 2.75) is 26.7 Å². The van der Waals surface area contributed by atoms with Crippen LogP contribution in [-0.2, 0) is 9.59 Å². The molecule has 0 amide bonds. The van der Waals surface area contributed by atoms with Gasteiger partial charge < -0.3 is 10.2 Å². The van der Waals surface area contributed by atoms with Crippen LogP contribution in [0.2, 0.25) is 0 Å². The lowest BCUT2D eigenvalue weighted by Gasteiger charge is -1.79. The molecule has 22 heavy (non-hydrogen) atoms. The van der Waals surface area contributed by atoms with Gasteiger partial charge in [-0.3, -0.25) is 0 Å². The van der Waals surface area contributed by atoms with Crippen LogP contribution in [0.5, 0.6) is 0 Å². The largest absolute Gasteiger partial charge is 0.478 e. The average Bonchev–Trinajstić information content (AvgIpc) is 3.18. The zero-order valence-corrected chi connectivity index (χ0v) is 13.2. The normalized spacial score (nSPS) is 12.1. The Bertz CT molecular complexity index is 401. The minimum Gasteiger partial charge on any atom is -0.478 e. The van der Waals surface area contributed by atoms with Crippen molar-refractivity contribution >= 4 is 11.9 Å². The molecule has 2 aliphatic carbocycles. The van der Waals surface area contributed by atoms with E-state index in [1.807, 2.05) is 0 Å². The van der Waals surface area contributed by atoms with E-state index < -0.39 is 11.9 Å². The Morgan fingerprint density at radius 2 is 0.909 bits per heavy atom. The summed E-state index contributed by atoms with van der Waals surface area (Å²) >= 11 is 0. The summed E-state index contributed by atoms with van der Waals surface area (Å²) in [5, 5.41) is 15.8. The van der Waals surface area contributed by atoms with Crippen LogP contribution in [0.25, 0.3) is 0 Å². The number of carboxylic acid groups (broad SMARTS) is 2. The summed E-state index contributed by atoms with van der Waals surface area (Å²) in [7, 11) is 0. The minimum absolute atomic E-state index is 0.176. The predicted molar refractivity (Wildman–Crippen MR) is 90.7 cm³/mol. The fourth-order valence-corrected chi connectivity index (χ4v) is 0.786. The molecule has 0 aromatic carbocycles. The monoisotopic (exact) mass is 304 g/mol. The van der Waals surface area contributed by atoms with Gasteiger partial charge in [-0.1, -0.05) is 61.8 Å². The average molecular weight is 304 g/mol. The molecule has 0 aromatic rings. The van der Waals surface area contributed by atoms with Crippen LogP contribution in [0.3, 0.4) is 0 Å². The fraction of sp³-hybridized carbons (Fsp3) is 0.222. The van der Waals surface area contributed by atoms with Crippen LogP contribution in [0.1, 0.15) is 26.7 Å². The van der Waals surface area contributed by atoms with Gasteiger partial charge in [-0.05, 0) is 26.7 Å². The van der Waals surface area contributed by atoms with Crippen molar-refractivity contribution < 1.29 is 19.8 Å². The van der Waals surface area contributed by atoms with Crippen molar-refractivity contribution in [2.24, 2.45) is 0 Å². The lowest BCUT2D eigenvalue weighted by atomic mass is 10.4. The van der Waals surface area contributed by atoms with E-state index >= 15 is 0 Å². The van der Waals surface area contributed by atoms with Gasteiger partial charge in [-0.25, -0.2) is 9.59 Å². The van der Waals surface area contributed by atoms with Crippen molar-refractivity contribution in [3.63, 3.8) is 0 Å². The van der Waals surface area contributed by atoms with Gasteiger partial charge in [0.25, 0.3) is 0 Å². The number of aliphatic carboxylic acids is 2. The first kappa shape index (κ1) is 21.7. The predicted octanol–water partition coefficient (Wildman–Crippen LogP) is 4.30. The Balaban J connectivity index is 0. The number of hydrogen-bond acceptors (Lipinski definition) is 2. The topological polar surface area (TPSA) is 74.6 Å². The zero-order chi connectivity index (χ0) is 17.4. The van der Waals surface area contributed by atoms with Crippen LogP contribution in [0, 0.1) is 0 Å². The van der Waals surface area contributed by atoms with Gasteiger partial charge >= 0.3 is 11.9 Å². The van der Waals surface area contributed by atoms with E-state index in [0.29, 0.717) is 0 Å². The molecule has 120 valence electrons. The molecule has 2 N–H and O–H groups in total. The lowest BCUT2D eigenvalue weighted by molar-refractivity contribution is -0.133. The summed E-state index contributed by atoms with van der Waals surface area (Å²) in [5.74, 6) is -1.87. The van der Waals surface area contributed by atoms with Gasteiger partial charge in [0.05, 0.1) is 0 Å². The first-order valence-electron chi connectivity index (χ1n) is 6.70. The highest BCUT2D eigenvalue weighted by Gasteiger charge is 1.90. The maximum absolute atomic E-state index is 9.60. The summed E-state index contributed by atoms with van der Waals surface area (Å²) in [4.78, 5) is 19.2. The molecule has 0 aromatic heterocycles. The summed E-state index contributed by atoms with van der Waals surface area (Å²) in [6.07, 6.45) is 19.0. The SMILES string of the molecule is C1=CCC=C1.C1=CCC=C1.C=C(C)C(=O)O.C=C(C)C(=O)O. The number of carboxylic acids is 2. The highest BCUT2D eigenvalue weighted by molar-refractivity contribution is 5.85. The molecule has 0 saturated heterocycles. The standard InChI is InChI=1S/2C5H6.2C4H6O2/c2*1-2-4-5-3-1;2*1-3(2)4(5)6/h2*1-4H,5H2;2*1H2,2H3,(H,5,6). The molecule has 0 aliphatic heterocycles. The Labute approximate surface area is 132 Å². The van der Waals surface area contributed by atoms with E-state index in [0.717, 1.165) is 12.8 Å². The van der Waals surface area contributed by atoms with Gasteiger partial charge in [0.1, 0.15) is 0 Å². The van der Waals surface area contributed by atoms with E-state index in [1.54, 1.807) is 0 Å². The van der Waals surface area contributed by atoms with Crippen LogP contribution < -0.4 is 0 Å². The molecule has 0 saturated carbocycles. The van der Waals surface area contributed by atoms with Crippen LogP contribution in [0.4, 0.5) is 0 Å².